The molecule has 0 bridgehead atoms. The van der Waals surface area contributed by atoms with Gasteiger partial charge in [-0.05, 0) is 0 Å². The Bertz CT molecular complexity index is 196. The topological polar surface area (TPSA) is 142 Å². The molecule has 0 saturated heterocycles. The Morgan fingerprint density at radius 3 is 1.92 bits per heavy atom. The summed E-state index contributed by atoms with van der Waals surface area (Å²) in [6.07, 6.45) is 0.218. The average molecular weight is 176 g/mol. The molecule has 7 heteroatoms. The van der Waals surface area contributed by atoms with E-state index in [2.05, 4.69) is 0 Å². The van der Waals surface area contributed by atoms with Crippen LogP contribution in [0.25, 0.3) is 0 Å². The van der Waals surface area contributed by atoms with Gasteiger partial charge in [0.1, 0.15) is 6.04 Å². The molecule has 0 heterocycles. The van der Waals surface area contributed by atoms with Crippen molar-refractivity contribution >= 4 is 18.0 Å². The molecule has 0 aliphatic carbocycles. The number of carbonyl (C=O) groups is 2. The molecule has 5 N–H and O–H groups in total. The number of nitrogens with one attached hydrogen (secondary N) is 1. The minimum atomic E-state index is -1.29. The van der Waals surface area contributed by atoms with Gasteiger partial charge in [-0.25, -0.2) is 10.2 Å². The van der Waals surface area contributed by atoms with Crippen LogP contribution in [0.15, 0.2) is 0 Å². The maximum absolute atomic E-state index is 9.85. The van der Waals surface area contributed by atoms with Crippen molar-refractivity contribution in [3.05, 3.63) is 0 Å². The van der Waals surface area contributed by atoms with E-state index in [-0.39, 0.29) is 0 Å². The lowest BCUT2D eigenvalue weighted by Crippen LogP contribution is -2.32. The summed E-state index contributed by atoms with van der Waals surface area (Å²) in [5, 5.41) is 21.4. The number of aliphatic carboxylic acids is 2. The van der Waals surface area contributed by atoms with Crippen molar-refractivity contribution in [2.75, 3.05) is 0 Å². The Kier molecular flexibility index (Phi) is 7.95. The average Bonchev–Trinajstić information content (AvgIpc) is 1.87. The van der Waals surface area contributed by atoms with Crippen molar-refractivity contribution in [3.63, 3.8) is 0 Å². The zero-order valence-corrected chi connectivity index (χ0v) is 5.98. The molecule has 12 heavy (non-hydrogen) atoms. The summed E-state index contributed by atoms with van der Waals surface area (Å²) in [7, 11) is 0. The van der Waals surface area contributed by atoms with Crippen LogP contribution in [-0.2, 0) is 14.4 Å². The molecular weight excluding hydrogens is 168 g/mol. The Hall–Kier alpha value is -1.72. The van der Waals surface area contributed by atoms with E-state index in [9.17, 15) is 9.59 Å². The second kappa shape index (κ2) is 7.39. The number of hydrogen-bond acceptors (Lipinski definition) is 5. The fraction of sp³-hybridized carbons (Fsp3) is 0.400. The number of carbonyl (C=O) groups excluding carboxylic acids is 1. The van der Waals surface area contributed by atoms with Gasteiger partial charge in [0, 0.05) is 0 Å². The lowest BCUT2D eigenvalue weighted by molar-refractivity contribution is -0.144. The standard InChI is InChI=1S/C4H7NO4.CHNO/c5-2(4(8)9)1-3(6)7;2-1-3/h2H,1,5H2,(H,6,7)(H,8,9);2H/t2-;/m0./s1. The third kappa shape index (κ3) is 11.1. The molecular formula is C5H8N2O5. The maximum atomic E-state index is 9.85. The molecule has 0 aromatic carbocycles. The van der Waals surface area contributed by atoms with Crippen molar-refractivity contribution < 1.29 is 24.6 Å². The first-order valence-corrected chi connectivity index (χ1v) is 2.69. The Labute approximate surface area is 67.3 Å². The second-order valence-electron chi connectivity index (χ2n) is 1.64. The monoisotopic (exact) mass is 176 g/mol. The van der Waals surface area contributed by atoms with Crippen LogP contribution < -0.4 is 5.73 Å². The maximum Gasteiger partial charge on any atom is 0.321 e. The third-order valence-electron chi connectivity index (χ3n) is 0.712. The van der Waals surface area contributed by atoms with Crippen LogP contribution in [0.3, 0.4) is 0 Å². The van der Waals surface area contributed by atoms with Gasteiger partial charge in [0.2, 0.25) is 6.08 Å². The highest BCUT2D eigenvalue weighted by Crippen LogP contribution is 1.86. The SMILES string of the molecule is N=C=O.N[C@@H](CC(=O)O)C(=O)O. The van der Waals surface area contributed by atoms with Gasteiger partial charge in [-0.3, -0.25) is 9.59 Å². The van der Waals surface area contributed by atoms with Crippen molar-refractivity contribution in [1.29, 1.82) is 5.41 Å². The van der Waals surface area contributed by atoms with Gasteiger partial charge in [0.15, 0.2) is 0 Å². The fourth-order valence-electron chi connectivity index (χ4n) is 0.275. The van der Waals surface area contributed by atoms with Gasteiger partial charge in [-0.1, -0.05) is 0 Å². The normalized spacial score (nSPS) is 10.1. The predicted octanol–water partition coefficient (Wildman–Crippen LogP) is -1.23. The molecule has 0 spiro atoms. The summed E-state index contributed by atoms with van der Waals surface area (Å²) < 4.78 is 0. The van der Waals surface area contributed by atoms with Gasteiger partial charge < -0.3 is 15.9 Å². The zero-order chi connectivity index (χ0) is 10.1. The molecule has 0 aromatic heterocycles. The highest BCUT2D eigenvalue weighted by molar-refractivity contribution is 5.80. The van der Waals surface area contributed by atoms with Crippen molar-refractivity contribution in [2.24, 2.45) is 5.73 Å². The minimum Gasteiger partial charge on any atom is -0.481 e. The highest BCUT2D eigenvalue weighted by Gasteiger charge is 2.14. The number of nitrogens with two attached hydrogens (primary N) is 1. The zero-order valence-electron chi connectivity index (χ0n) is 5.98. The Balaban J connectivity index is 0. The van der Waals surface area contributed by atoms with E-state index in [0.717, 1.165) is 6.08 Å². The summed E-state index contributed by atoms with van der Waals surface area (Å²) >= 11 is 0. The highest BCUT2D eigenvalue weighted by atomic mass is 16.4. The summed E-state index contributed by atoms with van der Waals surface area (Å²) in [5.41, 5.74) is 4.84. The van der Waals surface area contributed by atoms with Crippen LogP contribution in [0, 0.1) is 5.41 Å². The molecule has 1 atom stereocenters. The number of carboxylic acids is 2. The van der Waals surface area contributed by atoms with E-state index in [1.54, 1.807) is 0 Å². The van der Waals surface area contributed by atoms with Gasteiger partial charge in [0.25, 0.3) is 0 Å². The van der Waals surface area contributed by atoms with E-state index >= 15 is 0 Å². The van der Waals surface area contributed by atoms with Crippen LogP contribution in [0.4, 0.5) is 0 Å². The molecule has 68 valence electrons. The molecule has 0 amide bonds. The molecule has 0 rings (SSSR count). The van der Waals surface area contributed by atoms with E-state index in [4.69, 9.17) is 26.2 Å². The first-order chi connectivity index (χ1) is 5.45. The smallest absolute Gasteiger partial charge is 0.321 e. The van der Waals surface area contributed by atoms with Crippen LogP contribution in [0.1, 0.15) is 6.42 Å². The number of carboxylic acid groups (broad SMARTS) is 2. The lowest BCUT2D eigenvalue weighted by atomic mass is 10.2. The number of rotatable bonds is 3. The van der Waals surface area contributed by atoms with Crippen LogP contribution in [0.2, 0.25) is 0 Å². The number of isocyanates is 1. The number of hydrogen-bond donors (Lipinski definition) is 4. The van der Waals surface area contributed by atoms with Gasteiger partial charge in [-0.15, -0.1) is 0 Å². The Morgan fingerprint density at radius 2 is 1.83 bits per heavy atom. The first-order valence-electron chi connectivity index (χ1n) is 2.69. The van der Waals surface area contributed by atoms with Gasteiger partial charge in [0.05, 0.1) is 6.42 Å². The fourth-order valence-corrected chi connectivity index (χ4v) is 0.275. The third-order valence-corrected chi connectivity index (χ3v) is 0.712. The lowest BCUT2D eigenvalue weighted by Gasteiger charge is -1.99. The van der Waals surface area contributed by atoms with Crippen LogP contribution in [-0.4, -0.2) is 34.3 Å². The summed E-state index contributed by atoms with van der Waals surface area (Å²) in [4.78, 5) is 28.0. The van der Waals surface area contributed by atoms with Crippen LogP contribution >= 0.6 is 0 Å². The largest absolute Gasteiger partial charge is 0.481 e. The quantitative estimate of drug-likeness (QED) is 0.313. The van der Waals surface area contributed by atoms with Crippen molar-refractivity contribution in [3.8, 4) is 0 Å². The second-order valence-corrected chi connectivity index (χ2v) is 1.64. The van der Waals surface area contributed by atoms with Crippen molar-refractivity contribution in [2.45, 2.75) is 12.5 Å². The van der Waals surface area contributed by atoms with Gasteiger partial charge in [-0.2, -0.15) is 0 Å². The minimum absolute atomic E-state index is 0.532. The van der Waals surface area contributed by atoms with E-state index in [0.29, 0.717) is 0 Å². The van der Waals surface area contributed by atoms with E-state index in [1.165, 1.54) is 0 Å². The van der Waals surface area contributed by atoms with E-state index in [1.807, 2.05) is 0 Å². The molecule has 0 aromatic rings. The molecule has 0 radical (unpaired) electrons. The summed E-state index contributed by atoms with van der Waals surface area (Å²) in [6.45, 7) is 0. The molecule has 0 unspecified atom stereocenters. The summed E-state index contributed by atoms with van der Waals surface area (Å²) in [5.74, 6) is -2.50. The summed E-state index contributed by atoms with van der Waals surface area (Å²) in [6, 6.07) is -1.29. The first kappa shape index (κ1) is 12.9. The molecule has 0 fully saturated rings. The van der Waals surface area contributed by atoms with Crippen LogP contribution in [0.5, 0.6) is 0 Å². The molecule has 7 nitrogen and oxygen atoms in total. The molecule has 0 aliphatic rings. The Morgan fingerprint density at radius 1 is 1.50 bits per heavy atom. The van der Waals surface area contributed by atoms with E-state index < -0.39 is 24.4 Å². The predicted molar refractivity (Wildman–Crippen MR) is 36.3 cm³/mol. The van der Waals surface area contributed by atoms with Gasteiger partial charge >= 0.3 is 11.9 Å². The molecule has 0 saturated carbocycles. The molecule has 0 aliphatic heterocycles. The van der Waals surface area contributed by atoms with Crippen molar-refractivity contribution in [1.82, 2.24) is 0 Å².